The van der Waals surface area contributed by atoms with Crippen molar-refractivity contribution in [2.24, 2.45) is 0 Å². The van der Waals surface area contributed by atoms with E-state index in [1.54, 1.807) is 0 Å². The second-order valence-corrected chi connectivity index (χ2v) is 2.47. The summed E-state index contributed by atoms with van der Waals surface area (Å²) in [7, 11) is 0. The third-order valence-corrected chi connectivity index (χ3v) is 1.63. The van der Waals surface area contributed by atoms with E-state index in [9.17, 15) is 0 Å². The predicted octanol–water partition coefficient (Wildman–Crippen LogP) is 3.04. The molecule has 0 saturated heterocycles. The fraction of sp³-hybridized carbons (Fsp3) is 0.300. The summed E-state index contributed by atoms with van der Waals surface area (Å²) in [5.41, 5.74) is 2.73. The van der Waals surface area contributed by atoms with E-state index in [1.165, 1.54) is 11.1 Å². The molecule has 0 bridgehead atoms. The lowest BCUT2D eigenvalue weighted by Gasteiger charge is -1.98. The van der Waals surface area contributed by atoms with Crippen LogP contribution in [0.3, 0.4) is 0 Å². The van der Waals surface area contributed by atoms with Gasteiger partial charge in [-0.1, -0.05) is 36.8 Å². The van der Waals surface area contributed by atoms with Gasteiger partial charge in [-0.25, -0.2) is 0 Å². The lowest BCUT2D eigenvalue weighted by atomic mass is 10.1. The molecule has 0 aliphatic heterocycles. The zero-order valence-electron chi connectivity index (χ0n) is 6.59. The van der Waals surface area contributed by atoms with Gasteiger partial charge in [-0.3, -0.25) is 0 Å². The predicted molar refractivity (Wildman–Crippen MR) is 45.6 cm³/mol. The van der Waals surface area contributed by atoms with Crippen molar-refractivity contribution in [2.75, 3.05) is 0 Å². The molecule has 0 N–H and O–H groups in total. The topological polar surface area (TPSA) is 0 Å². The number of rotatable bonds is 2. The van der Waals surface area contributed by atoms with E-state index < -0.39 is 0 Å². The van der Waals surface area contributed by atoms with Crippen LogP contribution in [0.1, 0.15) is 20.3 Å². The highest BCUT2D eigenvalue weighted by Crippen LogP contribution is 2.18. The summed E-state index contributed by atoms with van der Waals surface area (Å²) in [6, 6.07) is 0. The fourth-order valence-corrected chi connectivity index (χ4v) is 1.06. The summed E-state index contributed by atoms with van der Waals surface area (Å²) in [6.45, 7) is 4.31. The first-order valence-corrected chi connectivity index (χ1v) is 3.73. The lowest BCUT2D eigenvalue weighted by molar-refractivity contribution is 1.18. The van der Waals surface area contributed by atoms with Crippen molar-refractivity contribution in [3.63, 3.8) is 0 Å². The number of hydrogen-bond acceptors (Lipinski definition) is 0. The zero-order valence-corrected chi connectivity index (χ0v) is 6.59. The molecule has 0 saturated carbocycles. The third-order valence-electron chi connectivity index (χ3n) is 1.63. The zero-order chi connectivity index (χ0) is 7.40. The van der Waals surface area contributed by atoms with Gasteiger partial charge in [0.15, 0.2) is 0 Å². The summed E-state index contributed by atoms with van der Waals surface area (Å²) in [5.74, 6) is 0. The molecule has 0 aromatic heterocycles. The van der Waals surface area contributed by atoms with Gasteiger partial charge < -0.3 is 0 Å². The Morgan fingerprint density at radius 2 is 2.30 bits per heavy atom. The minimum absolute atomic E-state index is 1.12. The Bertz CT molecular complexity index is 192. The minimum Gasteiger partial charge on any atom is -0.0816 e. The second kappa shape index (κ2) is 3.40. The molecular formula is C10H13. The van der Waals surface area contributed by atoms with Crippen LogP contribution in [0, 0.1) is 6.42 Å². The molecule has 1 aliphatic carbocycles. The highest BCUT2D eigenvalue weighted by atomic mass is 14.0. The molecule has 0 fully saturated rings. The first-order valence-electron chi connectivity index (χ1n) is 3.73. The third kappa shape index (κ3) is 1.60. The van der Waals surface area contributed by atoms with Gasteiger partial charge in [-0.15, -0.1) is 0 Å². The van der Waals surface area contributed by atoms with Crippen molar-refractivity contribution in [2.45, 2.75) is 20.3 Å². The first-order chi connectivity index (χ1) is 4.84. The van der Waals surface area contributed by atoms with Crippen molar-refractivity contribution in [3.8, 4) is 0 Å². The summed E-state index contributed by atoms with van der Waals surface area (Å²) in [6.07, 6.45) is 11.8. The van der Waals surface area contributed by atoms with Crippen molar-refractivity contribution in [3.05, 3.63) is 41.9 Å². The van der Waals surface area contributed by atoms with E-state index in [2.05, 4.69) is 44.6 Å². The lowest BCUT2D eigenvalue weighted by Crippen LogP contribution is -1.80. The van der Waals surface area contributed by atoms with E-state index >= 15 is 0 Å². The van der Waals surface area contributed by atoms with Crippen LogP contribution in [-0.2, 0) is 0 Å². The summed E-state index contributed by atoms with van der Waals surface area (Å²) < 4.78 is 0. The summed E-state index contributed by atoms with van der Waals surface area (Å²) in [5, 5.41) is 0. The molecule has 10 heavy (non-hydrogen) atoms. The molecule has 1 radical (unpaired) electrons. The molecule has 0 aromatic carbocycles. The molecule has 0 unspecified atom stereocenters. The van der Waals surface area contributed by atoms with Gasteiger partial charge in [-0.2, -0.15) is 0 Å². The van der Waals surface area contributed by atoms with Crippen LogP contribution in [0.5, 0.6) is 0 Å². The van der Waals surface area contributed by atoms with Gasteiger partial charge in [-0.05, 0) is 18.9 Å². The van der Waals surface area contributed by atoms with Crippen LogP contribution < -0.4 is 0 Å². The van der Waals surface area contributed by atoms with Crippen LogP contribution in [0.25, 0.3) is 0 Å². The van der Waals surface area contributed by atoms with Crippen molar-refractivity contribution >= 4 is 0 Å². The van der Waals surface area contributed by atoms with E-state index in [0.717, 1.165) is 6.42 Å². The highest BCUT2D eigenvalue weighted by molar-refractivity contribution is 5.46. The average Bonchev–Trinajstić information content (AvgIpc) is 2.38. The van der Waals surface area contributed by atoms with Gasteiger partial charge in [0.1, 0.15) is 0 Å². The quantitative estimate of drug-likeness (QED) is 0.543. The molecule has 0 spiro atoms. The van der Waals surface area contributed by atoms with E-state index in [4.69, 9.17) is 0 Å². The Kier molecular flexibility index (Phi) is 2.49. The van der Waals surface area contributed by atoms with Crippen LogP contribution in [0.2, 0.25) is 0 Å². The molecular weight excluding hydrogens is 120 g/mol. The smallest absolute Gasteiger partial charge is 0.0127 e. The maximum absolute atomic E-state index is 2.25. The van der Waals surface area contributed by atoms with Crippen LogP contribution >= 0.6 is 0 Å². The fourth-order valence-electron chi connectivity index (χ4n) is 1.06. The highest BCUT2D eigenvalue weighted by Gasteiger charge is 1.99. The van der Waals surface area contributed by atoms with Gasteiger partial charge >= 0.3 is 0 Å². The maximum atomic E-state index is 2.25. The molecule has 0 amide bonds. The molecule has 0 heteroatoms. The summed E-state index contributed by atoms with van der Waals surface area (Å²) >= 11 is 0. The van der Waals surface area contributed by atoms with Gasteiger partial charge in [0.05, 0.1) is 0 Å². The monoisotopic (exact) mass is 133 g/mol. The van der Waals surface area contributed by atoms with E-state index in [-0.39, 0.29) is 0 Å². The Labute approximate surface area is 62.9 Å². The number of hydrogen-bond donors (Lipinski definition) is 0. The Morgan fingerprint density at radius 1 is 1.50 bits per heavy atom. The largest absolute Gasteiger partial charge is 0.0816 e. The Morgan fingerprint density at radius 3 is 2.80 bits per heavy atom. The minimum atomic E-state index is 1.12. The molecule has 0 nitrogen and oxygen atoms in total. The summed E-state index contributed by atoms with van der Waals surface area (Å²) in [4.78, 5) is 0. The molecule has 1 rings (SSSR count). The standard InChI is InChI=1S/C10H13/c1-3-6-9(2)10-7-4-5-8-10/h4-8H,3H2,1-2H3/b9-6-. The van der Waals surface area contributed by atoms with Gasteiger partial charge in [0.25, 0.3) is 0 Å². The average molecular weight is 133 g/mol. The van der Waals surface area contributed by atoms with E-state index in [1.807, 2.05) is 0 Å². The molecule has 53 valence electrons. The van der Waals surface area contributed by atoms with Crippen LogP contribution in [0.15, 0.2) is 35.5 Å². The van der Waals surface area contributed by atoms with Gasteiger partial charge in [0.2, 0.25) is 0 Å². The maximum Gasteiger partial charge on any atom is 0.0127 e. The molecule has 0 aromatic rings. The van der Waals surface area contributed by atoms with Crippen LogP contribution in [0.4, 0.5) is 0 Å². The second-order valence-electron chi connectivity index (χ2n) is 2.47. The van der Waals surface area contributed by atoms with Crippen molar-refractivity contribution in [1.82, 2.24) is 0 Å². The van der Waals surface area contributed by atoms with Crippen LogP contribution in [-0.4, -0.2) is 0 Å². The van der Waals surface area contributed by atoms with Crippen molar-refractivity contribution in [1.29, 1.82) is 0 Å². The normalized spacial score (nSPS) is 17.8. The van der Waals surface area contributed by atoms with Crippen molar-refractivity contribution < 1.29 is 0 Å². The Hall–Kier alpha value is -0.780. The first kappa shape index (κ1) is 7.33. The number of allylic oxidation sites excluding steroid dienone is 6. The van der Waals surface area contributed by atoms with E-state index in [0.29, 0.717) is 0 Å². The SMILES string of the molecule is CC/C=C(/C)C1=CC=C[CH]1. The van der Waals surface area contributed by atoms with Gasteiger partial charge in [0, 0.05) is 6.42 Å². The molecule has 0 atom stereocenters. The Balaban J connectivity index is 2.58. The molecule has 0 heterocycles. The molecule has 1 aliphatic rings.